The van der Waals surface area contributed by atoms with Crippen LogP contribution in [0.15, 0.2) is 18.2 Å². The number of nitrogens with two attached hydrogens (primary N) is 1. The van der Waals surface area contributed by atoms with Gasteiger partial charge in [-0.25, -0.2) is 0 Å². The summed E-state index contributed by atoms with van der Waals surface area (Å²) in [6, 6.07) is 5.93. The Morgan fingerprint density at radius 2 is 2.29 bits per heavy atom. The highest BCUT2D eigenvalue weighted by Gasteiger charge is 2.24. The first-order valence-corrected chi connectivity index (χ1v) is 7.40. The highest BCUT2D eigenvalue weighted by Crippen LogP contribution is 2.24. The van der Waals surface area contributed by atoms with Gasteiger partial charge >= 0.3 is 0 Å². The molecule has 0 bridgehead atoms. The lowest BCUT2D eigenvalue weighted by Crippen LogP contribution is -2.42. The van der Waals surface area contributed by atoms with Crippen molar-refractivity contribution in [2.75, 3.05) is 26.7 Å². The second-order valence-electron chi connectivity index (χ2n) is 5.60. The Hall–Kier alpha value is -1.54. The maximum Gasteiger partial charge on any atom is 0.123 e. The van der Waals surface area contributed by atoms with E-state index >= 15 is 0 Å². The van der Waals surface area contributed by atoms with Crippen molar-refractivity contribution in [2.24, 2.45) is 11.7 Å². The smallest absolute Gasteiger partial charge is 0.123 e. The standard InChI is InChI=1S/C17H24N2O2/c1-13-7-9-19(12-16(13)20)11-15-10-14(4-3-8-18)5-6-17(15)21-2/h5-6,10,13,16,20H,7-9,11-12,18H2,1-2H3. The number of piperidine rings is 1. The maximum absolute atomic E-state index is 10.0. The molecule has 0 aromatic heterocycles. The third kappa shape index (κ3) is 4.21. The molecular weight excluding hydrogens is 264 g/mol. The number of nitrogens with zero attached hydrogens (tertiary/aromatic N) is 1. The van der Waals surface area contributed by atoms with Crippen molar-refractivity contribution >= 4 is 0 Å². The zero-order valence-corrected chi connectivity index (χ0v) is 12.8. The molecule has 1 heterocycles. The molecule has 114 valence electrons. The Morgan fingerprint density at radius 3 is 2.95 bits per heavy atom. The number of aliphatic hydroxyl groups excluding tert-OH is 1. The van der Waals surface area contributed by atoms with Gasteiger partial charge in [-0.2, -0.15) is 0 Å². The molecule has 0 amide bonds. The lowest BCUT2D eigenvalue weighted by atomic mass is 9.95. The summed E-state index contributed by atoms with van der Waals surface area (Å²) in [7, 11) is 1.68. The van der Waals surface area contributed by atoms with Gasteiger partial charge in [-0.1, -0.05) is 18.8 Å². The second-order valence-corrected chi connectivity index (χ2v) is 5.60. The molecule has 4 heteroatoms. The van der Waals surface area contributed by atoms with Crippen LogP contribution in [0.25, 0.3) is 0 Å². The maximum atomic E-state index is 10.0. The van der Waals surface area contributed by atoms with E-state index in [4.69, 9.17) is 10.5 Å². The molecule has 4 nitrogen and oxygen atoms in total. The Balaban J connectivity index is 2.13. The van der Waals surface area contributed by atoms with Gasteiger partial charge in [0.05, 0.1) is 19.8 Å². The van der Waals surface area contributed by atoms with Crippen LogP contribution >= 0.6 is 0 Å². The Morgan fingerprint density at radius 1 is 1.48 bits per heavy atom. The number of β-amino-alcohol motifs (C(OH)–C–C–N with tert-alkyl or cyclic N) is 1. The van der Waals surface area contributed by atoms with Crippen molar-refractivity contribution in [3.63, 3.8) is 0 Å². The Bertz CT molecular complexity index is 533. The van der Waals surface area contributed by atoms with Crippen LogP contribution in [0.5, 0.6) is 5.75 Å². The number of hydrogen-bond acceptors (Lipinski definition) is 4. The average molecular weight is 288 g/mol. The van der Waals surface area contributed by atoms with Gasteiger partial charge in [0, 0.05) is 24.2 Å². The van der Waals surface area contributed by atoms with E-state index in [0.717, 1.165) is 36.4 Å². The fourth-order valence-corrected chi connectivity index (χ4v) is 2.63. The minimum absolute atomic E-state index is 0.245. The molecule has 0 saturated carbocycles. The van der Waals surface area contributed by atoms with Gasteiger partial charge in [0.2, 0.25) is 0 Å². The fourth-order valence-electron chi connectivity index (χ4n) is 2.63. The molecule has 21 heavy (non-hydrogen) atoms. The monoisotopic (exact) mass is 288 g/mol. The molecule has 1 aromatic rings. The van der Waals surface area contributed by atoms with Crippen LogP contribution in [-0.2, 0) is 6.54 Å². The largest absolute Gasteiger partial charge is 0.496 e. The van der Waals surface area contributed by atoms with Crippen LogP contribution in [-0.4, -0.2) is 42.9 Å². The number of hydrogen-bond donors (Lipinski definition) is 2. The minimum atomic E-state index is -0.245. The van der Waals surface area contributed by atoms with Crippen LogP contribution in [0.3, 0.4) is 0 Å². The van der Waals surface area contributed by atoms with Gasteiger partial charge < -0.3 is 15.6 Å². The predicted molar refractivity (Wildman–Crippen MR) is 84.0 cm³/mol. The van der Waals surface area contributed by atoms with E-state index in [-0.39, 0.29) is 6.10 Å². The topological polar surface area (TPSA) is 58.7 Å². The normalized spacial score (nSPS) is 22.5. The predicted octanol–water partition coefficient (Wildman–Crippen LogP) is 1.21. The molecule has 0 spiro atoms. The molecule has 0 radical (unpaired) electrons. The quantitative estimate of drug-likeness (QED) is 0.821. The molecule has 2 rings (SSSR count). The van der Waals surface area contributed by atoms with E-state index in [1.807, 2.05) is 18.2 Å². The highest BCUT2D eigenvalue weighted by atomic mass is 16.5. The molecule has 3 N–H and O–H groups in total. The molecule has 2 atom stereocenters. The molecule has 1 saturated heterocycles. The van der Waals surface area contributed by atoms with Crippen molar-refractivity contribution in [3.8, 4) is 17.6 Å². The number of likely N-dealkylation sites (tertiary alicyclic amines) is 1. The number of benzene rings is 1. The summed E-state index contributed by atoms with van der Waals surface area (Å²) in [5.41, 5.74) is 7.46. The molecule has 1 fully saturated rings. The van der Waals surface area contributed by atoms with E-state index < -0.39 is 0 Å². The number of aliphatic hydroxyl groups is 1. The molecule has 1 aliphatic rings. The number of rotatable bonds is 3. The van der Waals surface area contributed by atoms with Crippen LogP contribution in [0, 0.1) is 17.8 Å². The van der Waals surface area contributed by atoms with E-state index in [1.54, 1.807) is 7.11 Å². The summed E-state index contributed by atoms with van der Waals surface area (Å²) < 4.78 is 5.43. The molecule has 1 aromatic carbocycles. The Kier molecular flexibility index (Phi) is 5.63. The fraction of sp³-hybridized carbons (Fsp3) is 0.529. The highest BCUT2D eigenvalue weighted by molar-refractivity contribution is 5.44. The first-order valence-electron chi connectivity index (χ1n) is 7.40. The van der Waals surface area contributed by atoms with Gasteiger partial charge in [-0.3, -0.25) is 4.90 Å². The Labute approximate surface area is 126 Å². The third-order valence-electron chi connectivity index (χ3n) is 4.01. The summed E-state index contributed by atoms with van der Waals surface area (Å²) in [6.07, 6.45) is 0.779. The molecule has 0 aliphatic carbocycles. The summed E-state index contributed by atoms with van der Waals surface area (Å²) in [6.45, 7) is 4.94. The third-order valence-corrected chi connectivity index (χ3v) is 4.01. The molecular formula is C17H24N2O2. The van der Waals surface area contributed by atoms with Gasteiger partial charge in [0.25, 0.3) is 0 Å². The van der Waals surface area contributed by atoms with E-state index in [9.17, 15) is 5.11 Å². The summed E-state index contributed by atoms with van der Waals surface area (Å²) in [5, 5.41) is 10.0. The summed E-state index contributed by atoms with van der Waals surface area (Å²) >= 11 is 0. The zero-order chi connectivity index (χ0) is 15.2. The van der Waals surface area contributed by atoms with E-state index in [2.05, 4.69) is 23.7 Å². The number of ether oxygens (including phenoxy) is 1. The average Bonchev–Trinajstić information content (AvgIpc) is 2.49. The van der Waals surface area contributed by atoms with Gasteiger partial charge in [0.15, 0.2) is 0 Å². The summed E-state index contributed by atoms with van der Waals surface area (Å²) in [4.78, 5) is 2.27. The van der Waals surface area contributed by atoms with Gasteiger partial charge in [0.1, 0.15) is 5.75 Å². The SMILES string of the molecule is COc1ccc(C#CCN)cc1CN1CCC(C)C(O)C1. The molecule has 2 unspecified atom stereocenters. The van der Waals surface area contributed by atoms with Crippen LogP contribution in [0.1, 0.15) is 24.5 Å². The van der Waals surface area contributed by atoms with Crippen molar-refractivity contribution in [1.82, 2.24) is 4.90 Å². The van der Waals surface area contributed by atoms with Gasteiger partial charge in [-0.05, 0) is 37.1 Å². The number of methoxy groups -OCH3 is 1. The van der Waals surface area contributed by atoms with Crippen molar-refractivity contribution in [2.45, 2.75) is 26.0 Å². The van der Waals surface area contributed by atoms with E-state index in [0.29, 0.717) is 19.0 Å². The molecule has 1 aliphatic heterocycles. The van der Waals surface area contributed by atoms with E-state index in [1.165, 1.54) is 0 Å². The summed E-state index contributed by atoms with van der Waals surface area (Å²) in [5.74, 6) is 7.16. The minimum Gasteiger partial charge on any atom is -0.496 e. The lowest BCUT2D eigenvalue weighted by Gasteiger charge is -2.34. The first kappa shape index (κ1) is 15.8. The van der Waals surface area contributed by atoms with Crippen LogP contribution < -0.4 is 10.5 Å². The van der Waals surface area contributed by atoms with Crippen molar-refractivity contribution in [3.05, 3.63) is 29.3 Å². The van der Waals surface area contributed by atoms with Crippen molar-refractivity contribution in [1.29, 1.82) is 0 Å². The van der Waals surface area contributed by atoms with Crippen molar-refractivity contribution < 1.29 is 9.84 Å². The second kappa shape index (κ2) is 7.46. The van der Waals surface area contributed by atoms with Crippen LogP contribution in [0.4, 0.5) is 0 Å². The van der Waals surface area contributed by atoms with Crippen LogP contribution in [0.2, 0.25) is 0 Å². The lowest BCUT2D eigenvalue weighted by molar-refractivity contribution is 0.0256. The zero-order valence-electron chi connectivity index (χ0n) is 12.8. The first-order chi connectivity index (χ1) is 10.1. The van der Waals surface area contributed by atoms with Gasteiger partial charge in [-0.15, -0.1) is 0 Å².